The van der Waals surface area contributed by atoms with Crippen molar-refractivity contribution < 1.29 is 14.8 Å². The molecule has 2 aromatic heterocycles. The highest BCUT2D eigenvalue weighted by molar-refractivity contribution is 5.77. The highest BCUT2D eigenvalue weighted by Gasteiger charge is 2.23. The number of imidazole rings is 1. The van der Waals surface area contributed by atoms with Crippen LogP contribution in [0.3, 0.4) is 0 Å². The Bertz CT molecular complexity index is 666. The molecule has 0 aliphatic heterocycles. The predicted molar refractivity (Wildman–Crippen MR) is 69.5 cm³/mol. The van der Waals surface area contributed by atoms with Crippen LogP contribution in [0.15, 0.2) is 18.3 Å². The summed E-state index contributed by atoms with van der Waals surface area (Å²) in [4.78, 5) is 25.2. The topological polar surface area (TPSA) is 123 Å². The van der Waals surface area contributed by atoms with Crippen LogP contribution in [0.2, 0.25) is 0 Å². The van der Waals surface area contributed by atoms with E-state index in [0.29, 0.717) is 5.65 Å². The second-order valence-electron chi connectivity index (χ2n) is 4.57. The van der Waals surface area contributed by atoms with Crippen molar-refractivity contribution in [2.24, 2.45) is 5.92 Å². The summed E-state index contributed by atoms with van der Waals surface area (Å²) >= 11 is 0. The summed E-state index contributed by atoms with van der Waals surface area (Å²) in [7, 11) is 0. The van der Waals surface area contributed by atoms with Crippen LogP contribution in [0.4, 0.5) is 11.6 Å². The lowest BCUT2D eigenvalue weighted by atomic mass is 10.1. The van der Waals surface area contributed by atoms with E-state index >= 15 is 0 Å². The zero-order valence-electron chi connectivity index (χ0n) is 10.8. The van der Waals surface area contributed by atoms with Gasteiger partial charge < -0.3 is 20.5 Å². The molecule has 0 bridgehead atoms. The largest absolute Gasteiger partial charge is 0.480 e. The van der Waals surface area contributed by atoms with Gasteiger partial charge in [-0.05, 0) is 16.9 Å². The number of carbonyl (C=O) groups is 1. The Hall–Kier alpha value is -2.71. The fourth-order valence-electron chi connectivity index (χ4n) is 1.74. The van der Waals surface area contributed by atoms with Gasteiger partial charge in [-0.1, -0.05) is 23.5 Å². The summed E-state index contributed by atoms with van der Waals surface area (Å²) in [5.41, 5.74) is 0.318. The molecule has 9 nitrogen and oxygen atoms in total. The van der Waals surface area contributed by atoms with Gasteiger partial charge in [-0.25, -0.2) is 9.78 Å². The van der Waals surface area contributed by atoms with Gasteiger partial charge in [0, 0.05) is 6.07 Å². The average Bonchev–Trinajstić information content (AvgIpc) is 2.78. The minimum Gasteiger partial charge on any atom is -0.480 e. The molecular weight excluding hydrogens is 266 g/mol. The molecule has 0 saturated heterocycles. The zero-order valence-corrected chi connectivity index (χ0v) is 10.8. The molecule has 20 heavy (non-hydrogen) atoms. The first-order chi connectivity index (χ1) is 9.40. The summed E-state index contributed by atoms with van der Waals surface area (Å²) in [6.07, 6.45) is 1.10. The summed E-state index contributed by atoms with van der Waals surface area (Å²) in [5, 5.41) is 26.7. The maximum Gasteiger partial charge on any atom is 0.368 e. The van der Waals surface area contributed by atoms with Gasteiger partial charge in [0.25, 0.3) is 0 Å². The van der Waals surface area contributed by atoms with Gasteiger partial charge in [-0.3, -0.25) is 0 Å². The van der Waals surface area contributed by atoms with Gasteiger partial charge >= 0.3 is 11.8 Å². The van der Waals surface area contributed by atoms with Crippen molar-refractivity contribution in [1.82, 2.24) is 14.6 Å². The van der Waals surface area contributed by atoms with Crippen molar-refractivity contribution in [1.29, 1.82) is 0 Å². The van der Waals surface area contributed by atoms with E-state index in [1.807, 2.05) is 0 Å². The van der Waals surface area contributed by atoms with Crippen LogP contribution in [-0.2, 0) is 4.79 Å². The lowest BCUT2D eigenvalue weighted by Gasteiger charge is -2.17. The monoisotopic (exact) mass is 279 g/mol. The van der Waals surface area contributed by atoms with Crippen LogP contribution in [0.1, 0.15) is 13.8 Å². The highest BCUT2D eigenvalue weighted by atomic mass is 16.6. The van der Waals surface area contributed by atoms with E-state index in [2.05, 4.69) is 15.4 Å². The molecule has 0 saturated carbocycles. The van der Waals surface area contributed by atoms with E-state index in [0.717, 1.165) is 10.7 Å². The van der Waals surface area contributed by atoms with Gasteiger partial charge in [-0.2, -0.15) is 0 Å². The zero-order chi connectivity index (χ0) is 14.9. The van der Waals surface area contributed by atoms with Crippen molar-refractivity contribution in [2.75, 3.05) is 5.32 Å². The van der Waals surface area contributed by atoms with E-state index in [4.69, 9.17) is 5.11 Å². The predicted octanol–water partition coefficient (Wildman–Crippen LogP) is 1.16. The number of carboxylic acid groups (broad SMARTS) is 1. The van der Waals surface area contributed by atoms with E-state index in [-0.39, 0.29) is 17.6 Å². The van der Waals surface area contributed by atoms with Crippen molar-refractivity contribution in [3.8, 4) is 0 Å². The minimum atomic E-state index is -1.01. The summed E-state index contributed by atoms with van der Waals surface area (Å²) < 4.78 is 1.06. The second-order valence-corrected chi connectivity index (χ2v) is 4.57. The summed E-state index contributed by atoms with van der Waals surface area (Å²) in [6, 6.07) is 2.23. The number of carboxylic acids is 1. The van der Waals surface area contributed by atoms with Crippen LogP contribution in [0, 0.1) is 16.0 Å². The number of aromatic nitrogens is 3. The minimum absolute atomic E-state index is 0.164. The van der Waals surface area contributed by atoms with E-state index in [9.17, 15) is 14.9 Å². The van der Waals surface area contributed by atoms with Gasteiger partial charge in [-0.15, -0.1) is 0 Å². The van der Waals surface area contributed by atoms with Crippen molar-refractivity contribution >= 4 is 23.3 Å². The van der Waals surface area contributed by atoms with Gasteiger partial charge in [0.2, 0.25) is 5.65 Å². The number of aliphatic carboxylic acids is 1. The van der Waals surface area contributed by atoms with Gasteiger partial charge in [0.1, 0.15) is 12.2 Å². The van der Waals surface area contributed by atoms with E-state index in [1.165, 1.54) is 12.1 Å². The molecule has 9 heteroatoms. The maximum absolute atomic E-state index is 11.1. The number of nitrogens with zero attached hydrogens (tertiary/aromatic N) is 4. The molecule has 106 valence electrons. The maximum atomic E-state index is 11.1. The normalized spacial score (nSPS) is 12.6. The Labute approximate surface area is 113 Å². The first-order valence-electron chi connectivity index (χ1n) is 5.88. The Morgan fingerprint density at radius 1 is 1.50 bits per heavy atom. The third-order valence-electron chi connectivity index (χ3n) is 2.77. The Morgan fingerprint density at radius 3 is 2.75 bits per heavy atom. The molecule has 0 unspecified atom stereocenters. The lowest BCUT2D eigenvalue weighted by molar-refractivity contribution is -0.391. The average molecular weight is 279 g/mol. The number of nitrogens with one attached hydrogen (secondary N) is 1. The standard InChI is InChI=1S/C11H13N5O4/c1-6(2)10(11(17)18)13-7-3-4-8-12-5-9(16(19)20)15(8)14-7/h3-6,10H,1-2H3,(H,13,14)(H,17,18)/t10-/m1/s1. The lowest BCUT2D eigenvalue weighted by Crippen LogP contribution is -2.34. The van der Waals surface area contributed by atoms with Crippen LogP contribution in [0.5, 0.6) is 0 Å². The van der Waals surface area contributed by atoms with Crippen LogP contribution >= 0.6 is 0 Å². The van der Waals surface area contributed by atoms with Crippen molar-refractivity contribution in [3.63, 3.8) is 0 Å². The number of rotatable bonds is 5. The molecule has 0 spiro atoms. The summed E-state index contributed by atoms with van der Waals surface area (Å²) in [5.74, 6) is -1.22. The van der Waals surface area contributed by atoms with Crippen LogP contribution in [-0.4, -0.2) is 36.6 Å². The Morgan fingerprint density at radius 2 is 2.20 bits per heavy atom. The quantitative estimate of drug-likeness (QED) is 0.621. The SMILES string of the molecule is CC(C)[C@@H](Nc1ccc2ncc([N+](=O)[O-])n2n1)C(=O)O. The molecule has 0 aliphatic carbocycles. The van der Waals surface area contributed by atoms with Gasteiger partial charge in [0.05, 0.1) is 0 Å². The molecule has 2 aromatic rings. The molecule has 0 aliphatic rings. The first kappa shape index (κ1) is 13.7. The molecule has 0 radical (unpaired) electrons. The van der Waals surface area contributed by atoms with E-state index < -0.39 is 16.9 Å². The second kappa shape index (κ2) is 5.11. The molecule has 1 atom stereocenters. The van der Waals surface area contributed by atoms with Gasteiger partial charge in [0.15, 0.2) is 5.82 Å². The molecule has 2 heterocycles. The summed E-state index contributed by atoms with van der Waals surface area (Å²) in [6.45, 7) is 3.51. The highest BCUT2D eigenvalue weighted by Crippen LogP contribution is 2.16. The molecular formula is C11H13N5O4. The first-order valence-corrected chi connectivity index (χ1v) is 5.88. The molecule has 0 aromatic carbocycles. The fourth-order valence-corrected chi connectivity index (χ4v) is 1.74. The third-order valence-corrected chi connectivity index (χ3v) is 2.77. The fraction of sp³-hybridized carbons (Fsp3) is 0.364. The number of fused-ring (bicyclic) bond motifs is 1. The molecule has 2 rings (SSSR count). The molecule has 2 N–H and O–H groups in total. The number of anilines is 1. The Balaban J connectivity index is 2.38. The third kappa shape index (κ3) is 2.51. The van der Waals surface area contributed by atoms with Crippen molar-refractivity contribution in [3.05, 3.63) is 28.4 Å². The smallest absolute Gasteiger partial charge is 0.368 e. The number of nitro groups is 1. The van der Waals surface area contributed by atoms with Crippen molar-refractivity contribution in [2.45, 2.75) is 19.9 Å². The molecule has 0 amide bonds. The molecule has 0 fully saturated rings. The van der Waals surface area contributed by atoms with Crippen LogP contribution < -0.4 is 5.32 Å². The number of hydrogen-bond acceptors (Lipinski definition) is 6. The Kier molecular flexibility index (Phi) is 3.51. The number of hydrogen-bond donors (Lipinski definition) is 2. The van der Waals surface area contributed by atoms with Crippen LogP contribution in [0.25, 0.3) is 5.65 Å². The van der Waals surface area contributed by atoms with E-state index in [1.54, 1.807) is 13.8 Å².